The van der Waals surface area contributed by atoms with Crippen LogP contribution in [0.1, 0.15) is 0 Å². The molecule has 1 rings (SSSR count). The van der Waals surface area contributed by atoms with Crippen LogP contribution in [0.2, 0.25) is 0 Å². The fourth-order valence-electron chi connectivity index (χ4n) is 0.442. The molecule has 0 aromatic carbocycles. The number of rotatable bonds is 1. The molecule has 4 nitrogen and oxygen atoms in total. The molecule has 0 atom stereocenters. The van der Waals surface area contributed by atoms with Gasteiger partial charge in [-0.1, -0.05) is 0 Å². The molecule has 1 aliphatic rings. The lowest BCUT2D eigenvalue weighted by atomic mass is 10.3. The second kappa shape index (κ2) is 2.30. The first-order chi connectivity index (χ1) is 4.30. The molecule has 1 N–H and O–H groups in total. The zero-order valence-electron chi connectivity index (χ0n) is 4.57. The summed E-state index contributed by atoms with van der Waals surface area (Å²) in [6.07, 6.45) is 2.45. The SMILES string of the molecule is O=C(O)C1=COCN=C1. The van der Waals surface area contributed by atoms with Gasteiger partial charge in [-0.25, -0.2) is 4.79 Å². The number of aliphatic imine (C=N–C) groups is 1. The average Bonchev–Trinajstić information content (AvgIpc) is 1.90. The van der Waals surface area contributed by atoms with Crippen LogP contribution in [0.25, 0.3) is 0 Å². The van der Waals surface area contributed by atoms with Gasteiger partial charge in [-0.15, -0.1) is 0 Å². The Morgan fingerprint density at radius 3 is 3.00 bits per heavy atom. The van der Waals surface area contributed by atoms with Crippen LogP contribution >= 0.6 is 0 Å². The highest BCUT2D eigenvalue weighted by Crippen LogP contribution is 1.96. The molecule has 0 spiro atoms. The Morgan fingerprint density at radius 1 is 1.89 bits per heavy atom. The van der Waals surface area contributed by atoms with Crippen LogP contribution in [0.3, 0.4) is 0 Å². The molecule has 0 aliphatic carbocycles. The second-order valence-electron chi connectivity index (χ2n) is 1.49. The average molecular weight is 127 g/mol. The van der Waals surface area contributed by atoms with Gasteiger partial charge in [0.2, 0.25) is 0 Å². The van der Waals surface area contributed by atoms with Crippen LogP contribution in [-0.4, -0.2) is 24.0 Å². The summed E-state index contributed by atoms with van der Waals surface area (Å²) in [5.41, 5.74) is 0.0845. The molecule has 9 heavy (non-hydrogen) atoms. The quantitative estimate of drug-likeness (QED) is 0.539. The first kappa shape index (κ1) is 5.81. The third-order valence-corrected chi connectivity index (χ3v) is 0.837. The molecule has 0 amide bonds. The lowest BCUT2D eigenvalue weighted by molar-refractivity contribution is -0.132. The van der Waals surface area contributed by atoms with E-state index < -0.39 is 5.97 Å². The summed E-state index contributed by atoms with van der Waals surface area (Å²) in [4.78, 5) is 13.7. The minimum Gasteiger partial charge on any atom is -0.478 e. The van der Waals surface area contributed by atoms with Crippen molar-refractivity contribution in [3.63, 3.8) is 0 Å². The molecular formula is C5H5NO3. The Balaban J connectivity index is 2.69. The van der Waals surface area contributed by atoms with Gasteiger partial charge in [0.05, 0.1) is 0 Å². The van der Waals surface area contributed by atoms with Gasteiger partial charge < -0.3 is 9.84 Å². The van der Waals surface area contributed by atoms with Crippen molar-refractivity contribution >= 4 is 12.2 Å². The van der Waals surface area contributed by atoms with Gasteiger partial charge in [0.1, 0.15) is 11.8 Å². The van der Waals surface area contributed by atoms with Crippen LogP contribution in [0, 0.1) is 0 Å². The molecule has 1 aliphatic heterocycles. The molecule has 0 aromatic heterocycles. The number of carboxylic acids is 1. The predicted octanol–water partition coefficient (Wildman–Crippen LogP) is 0.0134. The molecule has 0 radical (unpaired) electrons. The zero-order chi connectivity index (χ0) is 6.69. The van der Waals surface area contributed by atoms with Gasteiger partial charge in [0.15, 0.2) is 6.73 Å². The Labute approximate surface area is 51.5 Å². The number of ether oxygens (including phenoxy) is 1. The summed E-state index contributed by atoms with van der Waals surface area (Å²) in [6, 6.07) is 0. The van der Waals surface area contributed by atoms with E-state index in [2.05, 4.69) is 9.73 Å². The van der Waals surface area contributed by atoms with Gasteiger partial charge in [0.25, 0.3) is 0 Å². The third kappa shape index (κ3) is 1.28. The Morgan fingerprint density at radius 2 is 2.67 bits per heavy atom. The summed E-state index contributed by atoms with van der Waals surface area (Å²) >= 11 is 0. The second-order valence-corrected chi connectivity index (χ2v) is 1.49. The van der Waals surface area contributed by atoms with Crippen LogP contribution in [0.5, 0.6) is 0 Å². The van der Waals surface area contributed by atoms with Gasteiger partial charge >= 0.3 is 5.97 Å². The molecule has 4 heteroatoms. The molecule has 0 aromatic rings. The van der Waals surface area contributed by atoms with Crippen molar-refractivity contribution < 1.29 is 14.6 Å². The molecular weight excluding hydrogens is 122 g/mol. The highest BCUT2D eigenvalue weighted by molar-refractivity contribution is 6.08. The smallest absolute Gasteiger partial charge is 0.340 e. The third-order valence-electron chi connectivity index (χ3n) is 0.837. The Bertz CT molecular complexity index is 183. The zero-order valence-corrected chi connectivity index (χ0v) is 4.57. The normalized spacial score (nSPS) is 16.2. The fourth-order valence-corrected chi connectivity index (χ4v) is 0.442. The predicted molar refractivity (Wildman–Crippen MR) is 30.2 cm³/mol. The van der Waals surface area contributed by atoms with E-state index in [0.717, 1.165) is 0 Å². The van der Waals surface area contributed by atoms with E-state index in [0.29, 0.717) is 0 Å². The van der Waals surface area contributed by atoms with E-state index in [1.54, 1.807) is 0 Å². The highest BCUT2D eigenvalue weighted by atomic mass is 16.5. The van der Waals surface area contributed by atoms with E-state index in [9.17, 15) is 4.79 Å². The number of aliphatic carboxylic acids is 1. The maximum Gasteiger partial charge on any atom is 0.340 e. The highest BCUT2D eigenvalue weighted by Gasteiger charge is 2.05. The number of hydrogen-bond donors (Lipinski definition) is 1. The van der Waals surface area contributed by atoms with Crippen molar-refractivity contribution in [1.82, 2.24) is 0 Å². The van der Waals surface area contributed by atoms with Gasteiger partial charge in [-0.2, -0.15) is 0 Å². The van der Waals surface area contributed by atoms with Crippen LogP contribution in [0.4, 0.5) is 0 Å². The molecule has 0 unspecified atom stereocenters. The molecule has 48 valence electrons. The largest absolute Gasteiger partial charge is 0.478 e. The number of hydrogen-bond acceptors (Lipinski definition) is 3. The maximum absolute atomic E-state index is 10.1. The minimum atomic E-state index is -1.02. The summed E-state index contributed by atoms with van der Waals surface area (Å²) in [6.45, 7) is 0.219. The lowest BCUT2D eigenvalue weighted by Crippen LogP contribution is -2.06. The van der Waals surface area contributed by atoms with Gasteiger partial charge in [-0.3, -0.25) is 4.99 Å². The molecule has 0 fully saturated rings. The first-order valence-corrected chi connectivity index (χ1v) is 2.35. The van der Waals surface area contributed by atoms with Crippen molar-refractivity contribution in [1.29, 1.82) is 0 Å². The number of carboxylic acid groups (broad SMARTS) is 1. The molecule has 0 saturated carbocycles. The van der Waals surface area contributed by atoms with E-state index in [1.807, 2.05) is 0 Å². The van der Waals surface area contributed by atoms with Gasteiger partial charge in [0, 0.05) is 6.21 Å². The maximum atomic E-state index is 10.1. The van der Waals surface area contributed by atoms with E-state index in [1.165, 1.54) is 12.5 Å². The fraction of sp³-hybridized carbons (Fsp3) is 0.200. The summed E-state index contributed by atoms with van der Waals surface area (Å²) in [7, 11) is 0. The monoisotopic (exact) mass is 127 g/mol. The van der Waals surface area contributed by atoms with Crippen molar-refractivity contribution in [2.75, 3.05) is 6.73 Å². The topological polar surface area (TPSA) is 58.9 Å². The van der Waals surface area contributed by atoms with Crippen molar-refractivity contribution in [2.24, 2.45) is 4.99 Å². The summed E-state index contributed by atoms with van der Waals surface area (Å²) in [5.74, 6) is -1.02. The number of carbonyl (C=O) groups is 1. The summed E-state index contributed by atoms with van der Waals surface area (Å²) in [5, 5.41) is 8.30. The lowest BCUT2D eigenvalue weighted by Gasteiger charge is -2.01. The van der Waals surface area contributed by atoms with Gasteiger partial charge in [-0.05, 0) is 0 Å². The molecule has 0 saturated heterocycles. The van der Waals surface area contributed by atoms with Crippen molar-refractivity contribution in [3.05, 3.63) is 11.8 Å². The van der Waals surface area contributed by atoms with Crippen LogP contribution in [-0.2, 0) is 9.53 Å². The Kier molecular flexibility index (Phi) is 1.48. The van der Waals surface area contributed by atoms with E-state index >= 15 is 0 Å². The van der Waals surface area contributed by atoms with Crippen LogP contribution < -0.4 is 0 Å². The minimum absolute atomic E-state index is 0.0845. The molecule has 0 bridgehead atoms. The van der Waals surface area contributed by atoms with Crippen LogP contribution in [0.15, 0.2) is 16.8 Å². The standard InChI is InChI=1S/C5H5NO3/c7-5(8)4-1-6-3-9-2-4/h1-2H,3H2,(H,7,8). The first-order valence-electron chi connectivity index (χ1n) is 2.35. The number of nitrogens with zero attached hydrogens (tertiary/aromatic N) is 1. The summed E-state index contributed by atoms with van der Waals surface area (Å²) < 4.78 is 4.60. The van der Waals surface area contributed by atoms with E-state index in [-0.39, 0.29) is 12.3 Å². The van der Waals surface area contributed by atoms with Crippen molar-refractivity contribution in [2.45, 2.75) is 0 Å². The van der Waals surface area contributed by atoms with E-state index in [4.69, 9.17) is 5.11 Å². The van der Waals surface area contributed by atoms with Crippen molar-refractivity contribution in [3.8, 4) is 0 Å². The molecule has 1 heterocycles. The Hall–Kier alpha value is -1.32.